The SMILES string of the molecule is [2H]C([2H])([2H])C(C(=O)O)c1ccc(NCC(=C)C)cc1. The predicted molar refractivity (Wildman–Crippen MR) is 65.8 cm³/mol. The van der Waals surface area contributed by atoms with E-state index in [1.807, 2.05) is 6.92 Å². The number of nitrogens with one attached hydrogen (secondary N) is 1. The summed E-state index contributed by atoms with van der Waals surface area (Å²) in [6.45, 7) is 3.70. The number of aliphatic carboxylic acids is 1. The molecule has 1 atom stereocenters. The van der Waals surface area contributed by atoms with Gasteiger partial charge in [-0.3, -0.25) is 4.79 Å². The van der Waals surface area contributed by atoms with Gasteiger partial charge in [0.05, 0.1) is 5.92 Å². The summed E-state index contributed by atoms with van der Waals surface area (Å²) in [7, 11) is 0. The van der Waals surface area contributed by atoms with Gasteiger partial charge in [-0.05, 0) is 31.5 Å². The lowest BCUT2D eigenvalue weighted by Gasteiger charge is -2.09. The van der Waals surface area contributed by atoms with Gasteiger partial charge in [0, 0.05) is 16.3 Å². The zero-order chi connectivity index (χ0) is 14.6. The van der Waals surface area contributed by atoms with Gasteiger partial charge in [-0.15, -0.1) is 0 Å². The van der Waals surface area contributed by atoms with Crippen LogP contribution in [-0.4, -0.2) is 17.6 Å². The lowest BCUT2D eigenvalue weighted by molar-refractivity contribution is -0.138. The smallest absolute Gasteiger partial charge is 0.310 e. The van der Waals surface area contributed by atoms with Crippen LogP contribution in [0.5, 0.6) is 0 Å². The number of benzene rings is 1. The molecule has 3 nitrogen and oxygen atoms in total. The summed E-state index contributed by atoms with van der Waals surface area (Å²) in [5, 5.41) is 12.1. The van der Waals surface area contributed by atoms with Crippen molar-refractivity contribution in [3.63, 3.8) is 0 Å². The number of carboxylic acid groups (broad SMARTS) is 1. The third kappa shape index (κ3) is 3.42. The molecule has 0 bridgehead atoms. The monoisotopic (exact) mass is 222 g/mol. The first-order chi connectivity index (χ1) is 8.71. The highest BCUT2D eigenvalue weighted by Crippen LogP contribution is 2.18. The first kappa shape index (κ1) is 8.39. The van der Waals surface area contributed by atoms with E-state index in [1.165, 1.54) is 12.1 Å². The van der Waals surface area contributed by atoms with Crippen LogP contribution in [0.25, 0.3) is 0 Å². The van der Waals surface area contributed by atoms with Crippen LogP contribution in [0.2, 0.25) is 0 Å². The zero-order valence-electron chi connectivity index (χ0n) is 12.2. The van der Waals surface area contributed by atoms with E-state index >= 15 is 0 Å². The molecule has 1 aromatic rings. The van der Waals surface area contributed by atoms with E-state index in [9.17, 15) is 4.79 Å². The van der Waals surface area contributed by atoms with E-state index in [0.717, 1.165) is 11.3 Å². The minimum atomic E-state index is -2.56. The Hall–Kier alpha value is -1.77. The van der Waals surface area contributed by atoms with Crippen molar-refractivity contribution in [3.8, 4) is 0 Å². The van der Waals surface area contributed by atoms with Crippen LogP contribution in [0.1, 0.15) is 29.4 Å². The van der Waals surface area contributed by atoms with Gasteiger partial charge in [0.25, 0.3) is 0 Å². The summed E-state index contributed by atoms with van der Waals surface area (Å²) in [6.07, 6.45) is 0. The average Bonchev–Trinajstić information content (AvgIpc) is 2.25. The highest BCUT2D eigenvalue weighted by molar-refractivity contribution is 5.75. The molecule has 0 heterocycles. The second-order valence-corrected chi connectivity index (χ2v) is 3.70. The standard InChI is InChI=1S/C13H17NO2/c1-9(2)8-14-12-6-4-11(5-7-12)10(3)13(15)16/h4-7,10,14H,1,8H2,2-3H3,(H,15,16)/i3D3. The number of hydrogen-bond donors (Lipinski definition) is 2. The van der Waals surface area contributed by atoms with Crippen LogP contribution in [-0.2, 0) is 4.79 Å². The maximum absolute atomic E-state index is 11.1. The molecule has 0 aliphatic heterocycles. The molecule has 16 heavy (non-hydrogen) atoms. The van der Waals surface area contributed by atoms with Crippen LogP contribution in [0.4, 0.5) is 5.69 Å². The molecule has 0 aliphatic carbocycles. The Morgan fingerprint density at radius 3 is 2.62 bits per heavy atom. The van der Waals surface area contributed by atoms with Crippen LogP contribution >= 0.6 is 0 Å². The molecular formula is C13H17NO2. The Labute approximate surface area is 100 Å². The minimum absolute atomic E-state index is 0.272. The Morgan fingerprint density at radius 1 is 1.56 bits per heavy atom. The van der Waals surface area contributed by atoms with Gasteiger partial charge < -0.3 is 10.4 Å². The molecule has 1 aromatic carbocycles. The maximum atomic E-state index is 11.1. The van der Waals surface area contributed by atoms with Crippen molar-refractivity contribution in [2.75, 3.05) is 11.9 Å². The fourth-order valence-electron chi connectivity index (χ4n) is 1.19. The van der Waals surface area contributed by atoms with Crippen molar-refractivity contribution in [2.45, 2.75) is 19.7 Å². The molecule has 1 rings (SSSR count). The zero-order valence-corrected chi connectivity index (χ0v) is 9.16. The number of rotatable bonds is 5. The van der Waals surface area contributed by atoms with Crippen molar-refractivity contribution in [2.24, 2.45) is 0 Å². The van der Waals surface area contributed by atoms with E-state index in [0.29, 0.717) is 6.54 Å². The molecule has 0 aliphatic rings. The van der Waals surface area contributed by atoms with Crippen molar-refractivity contribution in [1.29, 1.82) is 0 Å². The van der Waals surface area contributed by atoms with Crippen molar-refractivity contribution < 1.29 is 14.0 Å². The summed E-state index contributed by atoms with van der Waals surface area (Å²) >= 11 is 0. The van der Waals surface area contributed by atoms with Crippen LogP contribution in [0, 0.1) is 0 Å². The topological polar surface area (TPSA) is 49.3 Å². The summed E-state index contributed by atoms with van der Waals surface area (Å²) in [5.41, 5.74) is 2.03. The first-order valence-electron chi connectivity index (χ1n) is 6.43. The third-order valence-electron chi connectivity index (χ3n) is 2.09. The Bertz CT molecular complexity index is 466. The second kappa shape index (κ2) is 5.35. The molecule has 0 aromatic heterocycles. The van der Waals surface area contributed by atoms with E-state index in [4.69, 9.17) is 9.22 Å². The normalized spacial score (nSPS) is 15.4. The second-order valence-electron chi connectivity index (χ2n) is 3.70. The highest BCUT2D eigenvalue weighted by atomic mass is 16.4. The number of anilines is 1. The summed E-state index contributed by atoms with van der Waals surface area (Å²) < 4.78 is 21.8. The van der Waals surface area contributed by atoms with Gasteiger partial charge in [-0.2, -0.15) is 0 Å². The van der Waals surface area contributed by atoms with Gasteiger partial charge >= 0.3 is 5.97 Å². The van der Waals surface area contributed by atoms with E-state index in [1.54, 1.807) is 12.1 Å². The summed E-state index contributed by atoms with van der Waals surface area (Å²) in [5.74, 6) is -2.84. The number of carbonyl (C=O) groups is 1. The summed E-state index contributed by atoms with van der Waals surface area (Å²) in [4.78, 5) is 11.1. The number of hydrogen-bond acceptors (Lipinski definition) is 2. The molecule has 0 spiro atoms. The molecule has 0 fully saturated rings. The maximum Gasteiger partial charge on any atom is 0.310 e. The molecule has 0 amide bonds. The highest BCUT2D eigenvalue weighted by Gasteiger charge is 2.12. The van der Waals surface area contributed by atoms with Crippen LogP contribution in [0.3, 0.4) is 0 Å². The quantitative estimate of drug-likeness (QED) is 0.753. The summed E-state index contributed by atoms with van der Waals surface area (Å²) in [6, 6.07) is 6.37. The molecule has 1 unspecified atom stereocenters. The van der Waals surface area contributed by atoms with E-state index in [2.05, 4.69) is 11.9 Å². The van der Waals surface area contributed by atoms with Crippen LogP contribution in [0.15, 0.2) is 36.4 Å². The van der Waals surface area contributed by atoms with Crippen molar-refractivity contribution >= 4 is 11.7 Å². The molecule has 0 saturated carbocycles. The average molecular weight is 222 g/mol. The van der Waals surface area contributed by atoms with Crippen molar-refractivity contribution in [1.82, 2.24) is 0 Å². The lowest BCUT2D eigenvalue weighted by Crippen LogP contribution is -2.07. The van der Waals surface area contributed by atoms with Gasteiger partial charge in [0.15, 0.2) is 0 Å². The fourth-order valence-corrected chi connectivity index (χ4v) is 1.19. The molecule has 86 valence electrons. The van der Waals surface area contributed by atoms with Gasteiger partial charge in [0.1, 0.15) is 0 Å². The van der Waals surface area contributed by atoms with Gasteiger partial charge in [-0.1, -0.05) is 24.3 Å². The minimum Gasteiger partial charge on any atom is -0.481 e. The predicted octanol–water partition coefficient (Wildman–Crippen LogP) is 2.86. The lowest BCUT2D eigenvalue weighted by atomic mass is 10.0. The van der Waals surface area contributed by atoms with Crippen LogP contribution < -0.4 is 5.32 Å². The molecule has 3 heteroatoms. The Morgan fingerprint density at radius 2 is 2.19 bits per heavy atom. The fraction of sp³-hybridized carbons (Fsp3) is 0.308. The molecule has 0 saturated heterocycles. The first-order valence-corrected chi connectivity index (χ1v) is 4.93. The van der Waals surface area contributed by atoms with E-state index < -0.39 is 18.7 Å². The van der Waals surface area contributed by atoms with Gasteiger partial charge in [0.2, 0.25) is 0 Å². The van der Waals surface area contributed by atoms with Crippen molar-refractivity contribution in [3.05, 3.63) is 42.0 Å². The Kier molecular flexibility index (Phi) is 2.81. The third-order valence-corrected chi connectivity index (χ3v) is 2.09. The molecular weight excluding hydrogens is 202 g/mol. The van der Waals surface area contributed by atoms with E-state index in [-0.39, 0.29) is 5.56 Å². The largest absolute Gasteiger partial charge is 0.481 e. The van der Waals surface area contributed by atoms with Gasteiger partial charge in [-0.25, -0.2) is 0 Å². The molecule has 0 radical (unpaired) electrons. The molecule has 2 N–H and O–H groups in total. The number of carboxylic acids is 1. The Balaban J connectivity index is 2.90.